The molecule has 0 aliphatic heterocycles. The summed E-state index contributed by atoms with van der Waals surface area (Å²) in [6, 6.07) is 13.2. The first-order valence-electron chi connectivity index (χ1n) is 11.5. The lowest BCUT2D eigenvalue weighted by Gasteiger charge is -2.49. The minimum Gasteiger partial charge on any atom is -0.388 e. The molecule has 3 aliphatic rings. The van der Waals surface area contributed by atoms with E-state index in [-0.39, 0.29) is 11.3 Å². The maximum atomic E-state index is 11.6. The zero-order chi connectivity index (χ0) is 22.6. The third-order valence-corrected chi connectivity index (χ3v) is 8.40. The molecule has 5 atom stereocenters. The van der Waals surface area contributed by atoms with Crippen molar-refractivity contribution in [3.05, 3.63) is 75.9 Å². The maximum Gasteiger partial charge on any atom is 0.248 e. The Morgan fingerprint density at radius 1 is 1.06 bits per heavy atom. The molecule has 0 heterocycles. The molecule has 32 heavy (non-hydrogen) atoms. The lowest BCUT2D eigenvalue weighted by molar-refractivity contribution is -0.0158. The lowest BCUT2D eigenvalue weighted by Crippen LogP contribution is -2.44. The van der Waals surface area contributed by atoms with Crippen molar-refractivity contribution in [2.45, 2.75) is 51.0 Å². The summed E-state index contributed by atoms with van der Waals surface area (Å²) in [7, 11) is 0. The molecule has 5 nitrogen and oxygen atoms in total. The van der Waals surface area contributed by atoms with Crippen molar-refractivity contribution in [2.24, 2.45) is 28.7 Å². The summed E-state index contributed by atoms with van der Waals surface area (Å²) in [6.07, 6.45) is 6.46. The van der Waals surface area contributed by atoms with E-state index in [2.05, 4.69) is 13.0 Å². The van der Waals surface area contributed by atoms with Crippen LogP contribution in [0.25, 0.3) is 6.08 Å². The van der Waals surface area contributed by atoms with E-state index in [0.29, 0.717) is 28.9 Å². The van der Waals surface area contributed by atoms with Crippen LogP contribution in [0.15, 0.2) is 48.0 Å². The number of primary amides is 2. The fourth-order valence-electron chi connectivity index (χ4n) is 6.73. The second kappa shape index (κ2) is 7.59. The van der Waals surface area contributed by atoms with Gasteiger partial charge in [-0.15, -0.1) is 0 Å². The van der Waals surface area contributed by atoms with Crippen LogP contribution in [0.1, 0.15) is 75.9 Å². The molecule has 5 rings (SSSR count). The topological polar surface area (TPSA) is 106 Å². The number of hydrogen-bond acceptors (Lipinski definition) is 3. The molecule has 2 saturated carbocycles. The predicted octanol–water partition coefficient (Wildman–Crippen LogP) is 3.79. The molecule has 0 spiro atoms. The summed E-state index contributed by atoms with van der Waals surface area (Å²) >= 11 is 0. The average molecular weight is 431 g/mol. The normalized spacial score (nSPS) is 32.1. The summed E-state index contributed by atoms with van der Waals surface area (Å²) in [4.78, 5) is 23.2. The zero-order valence-electron chi connectivity index (χ0n) is 18.4. The standard InChI is InChI=1S/C27H30N2O3/c1-27-10-9-21-20-7-6-18(26(29)32)13-16(20)5-8-22(21)23(27)14-19(24(27)30)12-15-3-2-4-17(11-15)25(28)31/h2-4,6-7,11-13,21-24,30H,5,8-10,14H2,1H3,(H2,28,31)(H2,29,32)/t21-,22-,23+,24+,27+/m1/s1. The molecule has 2 amide bonds. The van der Waals surface area contributed by atoms with Gasteiger partial charge in [-0.3, -0.25) is 9.59 Å². The monoisotopic (exact) mass is 430 g/mol. The van der Waals surface area contributed by atoms with Gasteiger partial charge in [0.2, 0.25) is 11.8 Å². The molecule has 5 heteroatoms. The fraction of sp³-hybridized carbons (Fsp3) is 0.407. The van der Waals surface area contributed by atoms with E-state index in [1.165, 1.54) is 11.1 Å². The van der Waals surface area contributed by atoms with Gasteiger partial charge in [-0.25, -0.2) is 0 Å². The first-order chi connectivity index (χ1) is 15.3. The second-order valence-electron chi connectivity index (χ2n) is 10.1. The molecule has 3 aliphatic carbocycles. The van der Waals surface area contributed by atoms with Crippen molar-refractivity contribution in [3.8, 4) is 0 Å². The SMILES string of the molecule is C[C@]12CC[C@@H]3c4ccc(C(N)=O)cc4CC[C@H]3[C@@H]1CC(=Cc1cccc(C(N)=O)c1)[C@@H]2O. The van der Waals surface area contributed by atoms with Gasteiger partial charge in [0.1, 0.15) is 0 Å². The molecule has 166 valence electrons. The summed E-state index contributed by atoms with van der Waals surface area (Å²) in [5.41, 5.74) is 16.4. The second-order valence-corrected chi connectivity index (χ2v) is 10.1. The van der Waals surface area contributed by atoms with Crippen LogP contribution in [0.2, 0.25) is 0 Å². The lowest BCUT2D eigenvalue weighted by atomic mass is 9.55. The predicted molar refractivity (Wildman–Crippen MR) is 124 cm³/mol. The number of fused-ring (bicyclic) bond motifs is 5. The Hall–Kier alpha value is -2.92. The summed E-state index contributed by atoms with van der Waals surface area (Å²) in [6.45, 7) is 2.24. The molecule has 0 saturated heterocycles. The van der Waals surface area contributed by atoms with E-state index < -0.39 is 12.0 Å². The molecule has 5 N–H and O–H groups in total. The number of nitrogens with two attached hydrogens (primary N) is 2. The van der Waals surface area contributed by atoms with Gasteiger partial charge in [-0.2, -0.15) is 0 Å². The number of carbonyl (C=O) groups excluding carboxylic acids is 2. The third kappa shape index (κ3) is 3.27. The number of aryl methyl sites for hydroxylation is 1. The highest BCUT2D eigenvalue weighted by atomic mass is 16.3. The van der Waals surface area contributed by atoms with Crippen molar-refractivity contribution in [1.29, 1.82) is 0 Å². The molecule has 0 bridgehead atoms. The van der Waals surface area contributed by atoms with Crippen LogP contribution in [0.5, 0.6) is 0 Å². The number of benzene rings is 2. The molecular formula is C27H30N2O3. The van der Waals surface area contributed by atoms with Crippen molar-refractivity contribution in [1.82, 2.24) is 0 Å². The summed E-state index contributed by atoms with van der Waals surface area (Å²) < 4.78 is 0. The number of hydrogen-bond donors (Lipinski definition) is 3. The molecule has 0 unspecified atom stereocenters. The average Bonchev–Trinajstić information content (AvgIpc) is 3.03. The van der Waals surface area contributed by atoms with E-state index in [1.807, 2.05) is 30.3 Å². The molecule has 0 radical (unpaired) electrons. The largest absolute Gasteiger partial charge is 0.388 e. The van der Waals surface area contributed by atoms with Crippen molar-refractivity contribution in [2.75, 3.05) is 0 Å². The first kappa shape index (κ1) is 21.0. The van der Waals surface area contributed by atoms with Gasteiger partial charge in [0, 0.05) is 16.5 Å². The van der Waals surface area contributed by atoms with E-state index in [9.17, 15) is 14.7 Å². The number of aliphatic hydroxyl groups is 1. The molecule has 2 fully saturated rings. The van der Waals surface area contributed by atoms with Crippen LogP contribution in [-0.4, -0.2) is 23.0 Å². The highest BCUT2D eigenvalue weighted by molar-refractivity contribution is 5.93. The summed E-state index contributed by atoms with van der Waals surface area (Å²) in [5.74, 6) is 0.564. The van der Waals surface area contributed by atoms with Gasteiger partial charge >= 0.3 is 0 Å². The van der Waals surface area contributed by atoms with Crippen LogP contribution in [0.4, 0.5) is 0 Å². The third-order valence-electron chi connectivity index (χ3n) is 8.40. The van der Waals surface area contributed by atoms with Crippen LogP contribution in [0, 0.1) is 17.3 Å². The Balaban J connectivity index is 1.45. The van der Waals surface area contributed by atoms with E-state index >= 15 is 0 Å². The number of rotatable bonds is 3. The van der Waals surface area contributed by atoms with Crippen LogP contribution in [0.3, 0.4) is 0 Å². The van der Waals surface area contributed by atoms with Gasteiger partial charge in [0.15, 0.2) is 0 Å². The van der Waals surface area contributed by atoms with Crippen molar-refractivity contribution >= 4 is 17.9 Å². The first-order valence-corrected chi connectivity index (χ1v) is 11.5. The fourth-order valence-corrected chi connectivity index (χ4v) is 6.73. The van der Waals surface area contributed by atoms with E-state index in [0.717, 1.165) is 43.2 Å². The van der Waals surface area contributed by atoms with Gasteiger partial charge in [0.25, 0.3) is 0 Å². The quantitative estimate of drug-likeness (QED) is 0.689. The van der Waals surface area contributed by atoms with Gasteiger partial charge in [0.05, 0.1) is 6.10 Å². The van der Waals surface area contributed by atoms with Gasteiger partial charge in [-0.1, -0.05) is 31.2 Å². The van der Waals surface area contributed by atoms with Crippen LogP contribution < -0.4 is 11.5 Å². The Morgan fingerprint density at radius 2 is 1.81 bits per heavy atom. The van der Waals surface area contributed by atoms with Gasteiger partial charge < -0.3 is 16.6 Å². The summed E-state index contributed by atoms with van der Waals surface area (Å²) in [5, 5.41) is 11.4. The molecule has 2 aromatic rings. The zero-order valence-corrected chi connectivity index (χ0v) is 18.4. The number of carbonyl (C=O) groups is 2. The van der Waals surface area contributed by atoms with Gasteiger partial charge in [-0.05, 0) is 96.4 Å². The number of aliphatic hydroxyl groups excluding tert-OH is 1. The molecular weight excluding hydrogens is 400 g/mol. The Labute approximate surface area is 188 Å². The van der Waals surface area contributed by atoms with E-state index in [1.54, 1.807) is 12.1 Å². The van der Waals surface area contributed by atoms with E-state index in [4.69, 9.17) is 11.5 Å². The minimum atomic E-state index is -0.482. The highest BCUT2D eigenvalue weighted by Crippen LogP contribution is 2.62. The Kier molecular flexibility index (Phi) is 4.97. The molecule has 0 aromatic heterocycles. The Bertz CT molecular complexity index is 1140. The molecule has 2 aromatic carbocycles. The number of amides is 2. The highest BCUT2D eigenvalue weighted by Gasteiger charge is 2.56. The van der Waals surface area contributed by atoms with Crippen molar-refractivity contribution in [3.63, 3.8) is 0 Å². The van der Waals surface area contributed by atoms with Crippen LogP contribution in [-0.2, 0) is 6.42 Å². The van der Waals surface area contributed by atoms with Crippen molar-refractivity contribution < 1.29 is 14.7 Å². The van der Waals surface area contributed by atoms with Crippen LogP contribution >= 0.6 is 0 Å². The maximum absolute atomic E-state index is 11.6. The Morgan fingerprint density at radius 3 is 2.56 bits per heavy atom. The smallest absolute Gasteiger partial charge is 0.248 e. The minimum absolute atomic E-state index is 0.140.